The Labute approximate surface area is 77.7 Å². The van der Waals surface area contributed by atoms with Crippen molar-refractivity contribution in [3.63, 3.8) is 0 Å². The van der Waals surface area contributed by atoms with Crippen LogP contribution in [0.15, 0.2) is 18.2 Å². The van der Waals surface area contributed by atoms with E-state index in [1.165, 1.54) is 6.07 Å². The van der Waals surface area contributed by atoms with E-state index >= 15 is 0 Å². The molecule has 1 aliphatic rings. The van der Waals surface area contributed by atoms with Crippen molar-refractivity contribution < 1.29 is 14.6 Å². The summed E-state index contributed by atoms with van der Waals surface area (Å²) >= 11 is 0. The summed E-state index contributed by atoms with van der Waals surface area (Å²) in [6, 6.07) is 4.93. The zero-order chi connectivity index (χ0) is 9.26. The summed E-state index contributed by atoms with van der Waals surface area (Å²) in [6.45, 7) is 1.21. The van der Waals surface area contributed by atoms with Crippen LogP contribution in [-0.2, 0) is 9.47 Å². The van der Waals surface area contributed by atoms with E-state index in [1.54, 1.807) is 12.1 Å². The Bertz CT molecular complexity index is 308. The number of benzene rings is 1. The highest BCUT2D eigenvalue weighted by Crippen LogP contribution is 2.23. The molecule has 0 bridgehead atoms. The highest BCUT2D eigenvalue weighted by atomic mass is 16.7. The number of phenolic OH excluding ortho intramolecular Hbond substituents is 1. The largest absolute Gasteiger partial charge is 0.509 e. The first-order chi connectivity index (χ1) is 6.27. The molecule has 0 amide bonds. The van der Waals surface area contributed by atoms with Crippen molar-refractivity contribution >= 4 is 13.3 Å². The fourth-order valence-electron chi connectivity index (χ4n) is 1.27. The van der Waals surface area contributed by atoms with E-state index < -0.39 is 0 Å². The summed E-state index contributed by atoms with van der Waals surface area (Å²) in [6.07, 6.45) is -0.331. The van der Waals surface area contributed by atoms with Gasteiger partial charge in [0.15, 0.2) is 6.29 Å². The first kappa shape index (κ1) is 8.60. The van der Waals surface area contributed by atoms with Gasteiger partial charge in [-0.05, 0) is 6.07 Å². The predicted octanol–water partition coefficient (Wildman–Crippen LogP) is 0.231. The molecule has 0 atom stereocenters. The van der Waals surface area contributed by atoms with E-state index in [0.717, 1.165) is 5.56 Å². The first-order valence-corrected chi connectivity index (χ1v) is 4.09. The minimum absolute atomic E-state index is 0.0850. The van der Waals surface area contributed by atoms with Crippen LogP contribution in [0.2, 0.25) is 0 Å². The molecule has 0 saturated carbocycles. The van der Waals surface area contributed by atoms with Gasteiger partial charge >= 0.3 is 0 Å². The molecule has 2 radical (unpaired) electrons. The van der Waals surface area contributed by atoms with E-state index in [9.17, 15) is 5.11 Å². The van der Waals surface area contributed by atoms with Crippen LogP contribution in [0.1, 0.15) is 11.9 Å². The molecule has 1 aliphatic heterocycles. The molecule has 1 aromatic carbocycles. The number of hydrogen-bond acceptors (Lipinski definition) is 3. The Morgan fingerprint density at radius 2 is 2.00 bits per heavy atom. The third kappa shape index (κ3) is 1.69. The number of hydrogen-bond donors (Lipinski definition) is 1. The minimum Gasteiger partial charge on any atom is -0.509 e. The van der Waals surface area contributed by atoms with Crippen molar-refractivity contribution in [2.45, 2.75) is 6.29 Å². The van der Waals surface area contributed by atoms with Crippen LogP contribution in [0.4, 0.5) is 0 Å². The molecule has 0 unspecified atom stereocenters. The summed E-state index contributed by atoms with van der Waals surface area (Å²) in [5.41, 5.74) is 1.18. The zero-order valence-corrected chi connectivity index (χ0v) is 7.06. The Balaban J connectivity index is 2.25. The smallest absolute Gasteiger partial charge is 0.184 e. The number of ether oxygens (including phenoxy) is 2. The lowest BCUT2D eigenvalue weighted by molar-refractivity contribution is -0.0440. The van der Waals surface area contributed by atoms with Gasteiger partial charge in [0.1, 0.15) is 13.6 Å². The summed E-state index contributed by atoms with van der Waals surface area (Å²) in [4.78, 5) is 0. The molecular formula is C9H9BO3. The number of phenols is 1. The van der Waals surface area contributed by atoms with Gasteiger partial charge in [-0.3, -0.25) is 0 Å². The second kappa shape index (κ2) is 3.40. The van der Waals surface area contributed by atoms with Gasteiger partial charge < -0.3 is 14.6 Å². The van der Waals surface area contributed by atoms with Crippen LogP contribution >= 0.6 is 0 Å². The lowest BCUT2D eigenvalue weighted by Gasteiger charge is -2.10. The molecule has 1 N–H and O–H groups in total. The van der Waals surface area contributed by atoms with Crippen LogP contribution < -0.4 is 5.46 Å². The fourth-order valence-corrected chi connectivity index (χ4v) is 1.27. The minimum atomic E-state index is -0.331. The molecule has 3 nitrogen and oxygen atoms in total. The molecule has 66 valence electrons. The summed E-state index contributed by atoms with van der Waals surface area (Å²) < 4.78 is 10.5. The Hall–Kier alpha value is -0.995. The summed E-state index contributed by atoms with van der Waals surface area (Å²) in [7, 11) is 5.53. The fraction of sp³-hybridized carbons (Fsp3) is 0.333. The zero-order valence-electron chi connectivity index (χ0n) is 7.06. The summed E-state index contributed by atoms with van der Waals surface area (Å²) in [5.74, 6) is 0.0850. The summed E-state index contributed by atoms with van der Waals surface area (Å²) in [5, 5.41) is 9.18. The quantitative estimate of drug-likeness (QED) is 0.622. The highest BCUT2D eigenvalue weighted by Gasteiger charge is 2.18. The van der Waals surface area contributed by atoms with Crippen LogP contribution in [0, 0.1) is 0 Å². The van der Waals surface area contributed by atoms with Crippen molar-refractivity contribution in [2.24, 2.45) is 0 Å². The molecule has 13 heavy (non-hydrogen) atoms. The molecule has 0 aromatic heterocycles. The van der Waals surface area contributed by atoms with Crippen LogP contribution in [-0.4, -0.2) is 26.2 Å². The highest BCUT2D eigenvalue weighted by molar-refractivity contribution is 6.34. The molecule has 0 spiro atoms. The van der Waals surface area contributed by atoms with Crippen LogP contribution in [0.3, 0.4) is 0 Å². The average Bonchev–Trinajstić information content (AvgIpc) is 2.62. The molecular weight excluding hydrogens is 167 g/mol. The van der Waals surface area contributed by atoms with Crippen molar-refractivity contribution in [1.29, 1.82) is 0 Å². The van der Waals surface area contributed by atoms with Gasteiger partial charge in [0.2, 0.25) is 0 Å². The Morgan fingerprint density at radius 1 is 1.31 bits per heavy atom. The van der Waals surface area contributed by atoms with Crippen LogP contribution in [0.5, 0.6) is 5.75 Å². The van der Waals surface area contributed by atoms with Crippen molar-refractivity contribution in [3.8, 4) is 5.75 Å². The van der Waals surface area contributed by atoms with Gasteiger partial charge in [-0.1, -0.05) is 17.6 Å². The monoisotopic (exact) mass is 176 g/mol. The number of aromatic hydroxyl groups is 1. The molecule has 4 heteroatoms. The lowest BCUT2D eigenvalue weighted by atomic mass is 9.93. The average molecular weight is 176 g/mol. The van der Waals surface area contributed by atoms with Gasteiger partial charge in [0, 0.05) is 5.56 Å². The molecule has 1 aromatic rings. The van der Waals surface area contributed by atoms with Gasteiger partial charge in [-0.15, -0.1) is 0 Å². The van der Waals surface area contributed by atoms with Crippen molar-refractivity contribution in [1.82, 2.24) is 0 Å². The maximum Gasteiger partial charge on any atom is 0.184 e. The van der Waals surface area contributed by atoms with E-state index in [1.807, 2.05) is 0 Å². The van der Waals surface area contributed by atoms with Gasteiger partial charge in [0.05, 0.1) is 13.2 Å². The topological polar surface area (TPSA) is 38.7 Å². The van der Waals surface area contributed by atoms with Gasteiger partial charge in [-0.2, -0.15) is 0 Å². The van der Waals surface area contributed by atoms with Crippen molar-refractivity contribution in [3.05, 3.63) is 23.8 Å². The van der Waals surface area contributed by atoms with Gasteiger partial charge in [-0.25, -0.2) is 0 Å². The molecule has 1 saturated heterocycles. The standard InChI is InChI=1S/C9H9BO3/c10-7-5-6(1-2-8(7)11)9-12-3-4-13-9/h1-2,5,9,11H,3-4H2. The predicted molar refractivity (Wildman–Crippen MR) is 48.1 cm³/mol. The second-order valence-corrected chi connectivity index (χ2v) is 2.89. The first-order valence-electron chi connectivity index (χ1n) is 4.09. The Morgan fingerprint density at radius 3 is 2.62 bits per heavy atom. The van der Waals surface area contributed by atoms with Crippen LogP contribution in [0.25, 0.3) is 0 Å². The van der Waals surface area contributed by atoms with E-state index in [2.05, 4.69) is 0 Å². The maximum absolute atomic E-state index is 9.18. The molecule has 1 heterocycles. The second-order valence-electron chi connectivity index (χ2n) is 2.89. The Kier molecular flexibility index (Phi) is 2.25. The molecule has 1 fully saturated rings. The van der Waals surface area contributed by atoms with Gasteiger partial charge in [0.25, 0.3) is 0 Å². The number of rotatable bonds is 1. The molecule has 2 rings (SSSR count). The lowest BCUT2D eigenvalue weighted by Crippen LogP contribution is -2.07. The third-order valence-corrected chi connectivity index (χ3v) is 1.95. The molecule has 0 aliphatic carbocycles. The SMILES string of the molecule is [B]c1cc(C2OCCO2)ccc1O. The van der Waals surface area contributed by atoms with Crippen molar-refractivity contribution in [2.75, 3.05) is 13.2 Å². The third-order valence-electron chi connectivity index (χ3n) is 1.95. The maximum atomic E-state index is 9.18. The van der Waals surface area contributed by atoms with E-state index in [0.29, 0.717) is 18.7 Å². The van der Waals surface area contributed by atoms with E-state index in [4.69, 9.17) is 17.3 Å². The van der Waals surface area contributed by atoms with E-state index in [-0.39, 0.29) is 12.0 Å². The normalized spacial score (nSPS) is 17.8.